The van der Waals surface area contributed by atoms with E-state index in [2.05, 4.69) is 0 Å². The number of carbonyl (C=O) groups is 1. The molecule has 0 saturated carbocycles. The van der Waals surface area contributed by atoms with E-state index >= 15 is 0 Å². The molecule has 1 rings (SSSR count). The highest BCUT2D eigenvalue weighted by Gasteiger charge is 2.30. The summed E-state index contributed by atoms with van der Waals surface area (Å²) in [5.41, 5.74) is 1.23. The summed E-state index contributed by atoms with van der Waals surface area (Å²) in [7, 11) is 0. The number of esters is 1. The molecular weight excluding hydrogens is 316 g/mol. The molecule has 0 aromatic heterocycles. The van der Waals surface area contributed by atoms with Crippen molar-refractivity contribution < 1.29 is 35.1 Å². The molecule has 0 spiro atoms. The molecule has 24 heavy (non-hydrogen) atoms. The lowest BCUT2D eigenvalue weighted by molar-refractivity contribution is -0.124. The van der Waals surface area contributed by atoms with Gasteiger partial charge in [0, 0.05) is 0 Å². The fourth-order valence-electron chi connectivity index (χ4n) is 2.21. The monoisotopic (exact) mass is 342 g/mol. The van der Waals surface area contributed by atoms with Crippen molar-refractivity contribution in [3.05, 3.63) is 35.4 Å². The summed E-state index contributed by atoms with van der Waals surface area (Å²) < 4.78 is 4.99. The van der Waals surface area contributed by atoms with E-state index in [1.165, 1.54) is 0 Å². The van der Waals surface area contributed by atoms with Crippen LogP contribution < -0.4 is 0 Å². The molecular formula is C17H26O7. The number of aliphatic hydroxyl groups is 5. The third-order valence-corrected chi connectivity index (χ3v) is 3.75. The van der Waals surface area contributed by atoms with Gasteiger partial charge in [0.15, 0.2) is 0 Å². The Labute approximate surface area is 141 Å². The molecule has 0 aliphatic rings. The number of aryl methyl sites for hydroxylation is 1. The predicted molar refractivity (Wildman–Crippen MR) is 86.4 cm³/mol. The lowest BCUT2D eigenvalue weighted by Gasteiger charge is -2.25. The molecule has 4 atom stereocenters. The Kier molecular flexibility index (Phi) is 8.88. The zero-order chi connectivity index (χ0) is 18.1. The third-order valence-electron chi connectivity index (χ3n) is 3.75. The van der Waals surface area contributed by atoms with Crippen LogP contribution in [0.2, 0.25) is 0 Å². The number of ether oxygens (including phenoxy) is 1. The summed E-state index contributed by atoms with van der Waals surface area (Å²) in [5.74, 6) is -0.634. The van der Waals surface area contributed by atoms with Gasteiger partial charge in [-0.3, -0.25) is 0 Å². The number of aliphatic hydroxyl groups excluding tert-OH is 5. The van der Waals surface area contributed by atoms with Crippen molar-refractivity contribution in [2.24, 2.45) is 0 Å². The van der Waals surface area contributed by atoms with E-state index in [1.54, 1.807) is 12.1 Å². The quantitative estimate of drug-likeness (QED) is 0.367. The molecule has 0 radical (unpaired) electrons. The van der Waals surface area contributed by atoms with Crippen LogP contribution in [0.5, 0.6) is 0 Å². The lowest BCUT2D eigenvalue weighted by Crippen LogP contribution is -2.47. The summed E-state index contributed by atoms with van der Waals surface area (Å²) in [5, 5.41) is 46.9. The first-order valence-electron chi connectivity index (χ1n) is 8.00. The lowest BCUT2D eigenvalue weighted by atomic mass is 10.0. The third kappa shape index (κ3) is 5.85. The molecule has 0 bridgehead atoms. The maximum absolute atomic E-state index is 12.1. The van der Waals surface area contributed by atoms with Gasteiger partial charge in [0.2, 0.25) is 0 Å². The van der Waals surface area contributed by atoms with Gasteiger partial charge in [-0.05, 0) is 24.5 Å². The molecule has 5 N–H and O–H groups in total. The highest BCUT2D eigenvalue weighted by atomic mass is 16.5. The molecule has 0 heterocycles. The Morgan fingerprint density at radius 3 is 2.33 bits per heavy atom. The first kappa shape index (κ1) is 20.5. The standard InChI is InChI=1S/C17H26O7/c1-2-3-6-11-7-4-5-8-12(11)17(23)24-10-14(20)16(22)15(21)13(19)9-18/h4-5,7-8,13-16,18-22H,2-3,6,9-10H2,1H3/t13-,14+,15+,16+/m0/s1. The van der Waals surface area contributed by atoms with Gasteiger partial charge in [-0.1, -0.05) is 31.5 Å². The topological polar surface area (TPSA) is 127 Å². The second-order valence-electron chi connectivity index (χ2n) is 5.66. The van der Waals surface area contributed by atoms with Gasteiger partial charge in [0.1, 0.15) is 31.0 Å². The minimum absolute atomic E-state index is 0.392. The zero-order valence-corrected chi connectivity index (χ0v) is 13.7. The Balaban J connectivity index is 2.62. The molecule has 1 aromatic carbocycles. The minimum atomic E-state index is -1.75. The first-order chi connectivity index (χ1) is 11.4. The van der Waals surface area contributed by atoms with Crippen molar-refractivity contribution in [2.75, 3.05) is 13.2 Å². The molecule has 0 aliphatic carbocycles. The Hall–Kier alpha value is -1.51. The van der Waals surface area contributed by atoms with E-state index in [0.717, 1.165) is 24.8 Å². The maximum Gasteiger partial charge on any atom is 0.338 e. The van der Waals surface area contributed by atoms with Gasteiger partial charge < -0.3 is 30.3 Å². The number of hydrogen-bond donors (Lipinski definition) is 5. The van der Waals surface area contributed by atoms with Crippen molar-refractivity contribution >= 4 is 5.97 Å². The summed E-state index contributed by atoms with van der Waals surface area (Å²) in [4.78, 5) is 12.1. The van der Waals surface area contributed by atoms with E-state index in [0.29, 0.717) is 5.56 Å². The van der Waals surface area contributed by atoms with E-state index in [4.69, 9.17) is 9.84 Å². The first-order valence-corrected chi connectivity index (χ1v) is 8.00. The fraction of sp³-hybridized carbons (Fsp3) is 0.588. The number of benzene rings is 1. The average molecular weight is 342 g/mol. The van der Waals surface area contributed by atoms with Gasteiger partial charge in [0.25, 0.3) is 0 Å². The minimum Gasteiger partial charge on any atom is -0.459 e. The van der Waals surface area contributed by atoms with E-state index in [9.17, 15) is 25.2 Å². The van der Waals surface area contributed by atoms with Crippen LogP contribution >= 0.6 is 0 Å². The molecule has 1 aromatic rings. The van der Waals surface area contributed by atoms with E-state index in [-0.39, 0.29) is 0 Å². The summed E-state index contributed by atoms with van der Waals surface area (Å²) in [6, 6.07) is 6.99. The Morgan fingerprint density at radius 1 is 1.08 bits per heavy atom. The van der Waals surface area contributed by atoms with Crippen molar-refractivity contribution in [3.8, 4) is 0 Å². The van der Waals surface area contributed by atoms with Crippen LogP contribution in [0.1, 0.15) is 35.7 Å². The summed E-state index contributed by atoms with van der Waals surface area (Å²) >= 11 is 0. The van der Waals surface area contributed by atoms with Crippen molar-refractivity contribution in [1.29, 1.82) is 0 Å². The number of rotatable bonds is 10. The van der Waals surface area contributed by atoms with Crippen LogP contribution in [-0.4, -0.2) is 69.1 Å². The normalized spacial score (nSPS) is 16.2. The van der Waals surface area contributed by atoms with E-state index < -0.39 is 43.6 Å². The molecule has 0 saturated heterocycles. The molecule has 7 nitrogen and oxygen atoms in total. The van der Waals surface area contributed by atoms with Crippen molar-refractivity contribution in [2.45, 2.75) is 50.6 Å². The Bertz CT molecular complexity index is 505. The van der Waals surface area contributed by atoms with Crippen molar-refractivity contribution in [1.82, 2.24) is 0 Å². The molecule has 0 unspecified atom stereocenters. The van der Waals surface area contributed by atoms with Crippen LogP contribution in [-0.2, 0) is 11.2 Å². The Morgan fingerprint density at radius 2 is 1.71 bits per heavy atom. The second kappa shape index (κ2) is 10.4. The summed E-state index contributed by atoms with van der Waals surface area (Å²) in [6.07, 6.45) is -4.05. The van der Waals surface area contributed by atoms with Gasteiger partial charge in [-0.25, -0.2) is 4.79 Å². The second-order valence-corrected chi connectivity index (χ2v) is 5.66. The predicted octanol–water partition coefficient (Wildman–Crippen LogP) is -0.378. The molecule has 0 fully saturated rings. The SMILES string of the molecule is CCCCc1ccccc1C(=O)OC[C@@H](O)[C@@H](O)[C@H](O)[C@@H](O)CO. The fourth-order valence-corrected chi connectivity index (χ4v) is 2.21. The molecule has 0 amide bonds. The van der Waals surface area contributed by atoms with Crippen LogP contribution in [0.25, 0.3) is 0 Å². The molecule has 0 aliphatic heterocycles. The number of hydrogen-bond acceptors (Lipinski definition) is 7. The highest BCUT2D eigenvalue weighted by Crippen LogP contribution is 2.14. The number of carbonyl (C=O) groups excluding carboxylic acids is 1. The zero-order valence-electron chi connectivity index (χ0n) is 13.7. The van der Waals surface area contributed by atoms with Crippen LogP contribution in [0, 0.1) is 0 Å². The van der Waals surface area contributed by atoms with Gasteiger partial charge >= 0.3 is 5.97 Å². The van der Waals surface area contributed by atoms with Gasteiger partial charge in [0.05, 0.1) is 12.2 Å². The van der Waals surface area contributed by atoms with Gasteiger partial charge in [-0.2, -0.15) is 0 Å². The average Bonchev–Trinajstić information content (AvgIpc) is 2.62. The van der Waals surface area contributed by atoms with Crippen LogP contribution in [0.4, 0.5) is 0 Å². The van der Waals surface area contributed by atoms with Gasteiger partial charge in [-0.15, -0.1) is 0 Å². The maximum atomic E-state index is 12.1. The van der Waals surface area contributed by atoms with E-state index in [1.807, 2.05) is 19.1 Å². The van der Waals surface area contributed by atoms with Crippen LogP contribution in [0.15, 0.2) is 24.3 Å². The largest absolute Gasteiger partial charge is 0.459 e. The smallest absolute Gasteiger partial charge is 0.338 e. The van der Waals surface area contributed by atoms with Crippen LogP contribution in [0.3, 0.4) is 0 Å². The highest BCUT2D eigenvalue weighted by molar-refractivity contribution is 5.91. The molecule has 7 heteroatoms. The number of unbranched alkanes of at least 4 members (excludes halogenated alkanes) is 1. The summed E-state index contributed by atoms with van der Waals surface area (Å²) in [6.45, 7) is 0.734. The van der Waals surface area contributed by atoms with Crippen molar-refractivity contribution in [3.63, 3.8) is 0 Å². The molecule has 136 valence electrons.